The minimum atomic E-state index is -0.781. The zero-order valence-electron chi connectivity index (χ0n) is 10.7. The second-order valence-corrected chi connectivity index (χ2v) is 4.05. The van der Waals surface area contributed by atoms with E-state index in [0.29, 0.717) is 6.54 Å². The monoisotopic (exact) mass is 268 g/mol. The second kappa shape index (κ2) is 7.35. The summed E-state index contributed by atoms with van der Waals surface area (Å²) in [6.45, 7) is 2.15. The van der Waals surface area contributed by atoms with Gasteiger partial charge in [-0.25, -0.2) is 9.18 Å². The van der Waals surface area contributed by atoms with E-state index >= 15 is 0 Å². The third-order valence-corrected chi connectivity index (χ3v) is 2.34. The molecule has 104 valence electrons. The summed E-state index contributed by atoms with van der Waals surface area (Å²) in [6.07, 6.45) is 1.82. The number of esters is 1. The Hall–Kier alpha value is -2.11. The van der Waals surface area contributed by atoms with Gasteiger partial charge in [-0.05, 0) is 24.6 Å². The molecule has 0 saturated heterocycles. The Morgan fingerprint density at radius 1 is 1.37 bits per heavy atom. The van der Waals surface area contributed by atoms with Crippen LogP contribution in [0.5, 0.6) is 0 Å². The maximum absolute atomic E-state index is 13.0. The number of hydrogen-bond acceptors (Lipinski definition) is 4. The van der Waals surface area contributed by atoms with E-state index in [-0.39, 0.29) is 23.8 Å². The van der Waals surface area contributed by atoms with Gasteiger partial charge in [0, 0.05) is 12.2 Å². The van der Waals surface area contributed by atoms with Crippen LogP contribution in [0.1, 0.15) is 30.1 Å². The van der Waals surface area contributed by atoms with Gasteiger partial charge in [-0.2, -0.15) is 0 Å². The topological polar surface area (TPSA) is 81.4 Å². The van der Waals surface area contributed by atoms with Gasteiger partial charge in [-0.15, -0.1) is 0 Å². The minimum Gasteiger partial charge on any atom is -0.452 e. The van der Waals surface area contributed by atoms with Crippen molar-refractivity contribution in [1.82, 2.24) is 5.32 Å². The van der Waals surface area contributed by atoms with Crippen LogP contribution in [0.4, 0.5) is 10.1 Å². The van der Waals surface area contributed by atoms with Gasteiger partial charge in [0.05, 0.1) is 5.56 Å². The van der Waals surface area contributed by atoms with E-state index in [2.05, 4.69) is 5.32 Å². The Labute approximate surface area is 110 Å². The molecular weight excluding hydrogens is 251 g/mol. The molecule has 0 aliphatic heterocycles. The van der Waals surface area contributed by atoms with E-state index in [0.717, 1.165) is 25.0 Å². The Kier molecular flexibility index (Phi) is 5.78. The number of nitrogens with one attached hydrogen (secondary N) is 1. The lowest BCUT2D eigenvalue weighted by molar-refractivity contribution is -0.124. The summed E-state index contributed by atoms with van der Waals surface area (Å²) in [7, 11) is 0. The number of halogens is 1. The summed E-state index contributed by atoms with van der Waals surface area (Å²) >= 11 is 0. The fourth-order valence-electron chi connectivity index (χ4n) is 1.40. The molecule has 0 unspecified atom stereocenters. The fraction of sp³-hybridized carbons (Fsp3) is 0.385. The van der Waals surface area contributed by atoms with Gasteiger partial charge in [0.2, 0.25) is 0 Å². The van der Waals surface area contributed by atoms with Crippen LogP contribution in [-0.4, -0.2) is 25.0 Å². The normalized spacial score (nSPS) is 10.0. The second-order valence-electron chi connectivity index (χ2n) is 4.05. The number of anilines is 1. The lowest BCUT2D eigenvalue weighted by atomic mass is 10.2. The molecular formula is C13H17FN2O3. The maximum Gasteiger partial charge on any atom is 0.338 e. The maximum atomic E-state index is 13.0. The number of benzene rings is 1. The quantitative estimate of drug-likeness (QED) is 0.465. The van der Waals surface area contributed by atoms with E-state index in [9.17, 15) is 14.0 Å². The molecule has 6 heteroatoms. The van der Waals surface area contributed by atoms with Crippen molar-refractivity contribution >= 4 is 17.6 Å². The van der Waals surface area contributed by atoms with Crippen molar-refractivity contribution in [2.24, 2.45) is 0 Å². The zero-order chi connectivity index (χ0) is 14.3. The van der Waals surface area contributed by atoms with E-state index in [1.165, 1.54) is 6.07 Å². The number of ether oxygens (including phenoxy) is 1. The van der Waals surface area contributed by atoms with E-state index in [1.807, 2.05) is 6.92 Å². The molecule has 0 bridgehead atoms. The molecule has 1 aromatic carbocycles. The highest BCUT2D eigenvalue weighted by atomic mass is 19.1. The van der Waals surface area contributed by atoms with Crippen molar-refractivity contribution in [3.63, 3.8) is 0 Å². The summed E-state index contributed by atoms with van der Waals surface area (Å²) in [5.74, 6) is -1.79. The summed E-state index contributed by atoms with van der Waals surface area (Å²) < 4.78 is 17.8. The smallest absolute Gasteiger partial charge is 0.338 e. The van der Waals surface area contributed by atoms with Crippen LogP contribution < -0.4 is 11.1 Å². The van der Waals surface area contributed by atoms with Gasteiger partial charge in [0.15, 0.2) is 6.61 Å². The fourth-order valence-corrected chi connectivity index (χ4v) is 1.40. The number of carbonyl (C=O) groups excluding carboxylic acids is 2. The Morgan fingerprint density at radius 3 is 2.74 bits per heavy atom. The Bertz CT molecular complexity index is 443. The number of rotatable bonds is 6. The van der Waals surface area contributed by atoms with E-state index in [1.54, 1.807) is 0 Å². The van der Waals surface area contributed by atoms with Crippen LogP contribution in [0.3, 0.4) is 0 Å². The van der Waals surface area contributed by atoms with Crippen molar-refractivity contribution in [1.29, 1.82) is 0 Å². The highest BCUT2D eigenvalue weighted by Gasteiger charge is 2.11. The molecule has 0 radical (unpaired) electrons. The van der Waals surface area contributed by atoms with Crippen LogP contribution in [-0.2, 0) is 9.53 Å². The molecule has 1 aromatic rings. The molecule has 1 rings (SSSR count). The number of nitrogen functional groups attached to an aromatic ring is 1. The average Bonchev–Trinajstić information content (AvgIpc) is 2.35. The molecule has 0 fully saturated rings. The Balaban J connectivity index is 2.44. The number of amides is 1. The van der Waals surface area contributed by atoms with Crippen LogP contribution in [0.2, 0.25) is 0 Å². The molecule has 0 atom stereocenters. The summed E-state index contributed by atoms with van der Waals surface area (Å²) in [5.41, 5.74) is 5.52. The summed E-state index contributed by atoms with van der Waals surface area (Å²) in [4.78, 5) is 22.9. The molecule has 0 aromatic heterocycles. The SMILES string of the molecule is CCCCNC(=O)COC(=O)c1cc(N)cc(F)c1. The predicted molar refractivity (Wildman–Crippen MR) is 69.0 cm³/mol. The molecule has 19 heavy (non-hydrogen) atoms. The van der Waals surface area contributed by atoms with Crippen LogP contribution in [0, 0.1) is 5.82 Å². The molecule has 0 aliphatic rings. The van der Waals surface area contributed by atoms with Gasteiger partial charge in [0.1, 0.15) is 5.82 Å². The molecule has 0 heterocycles. The predicted octanol–water partition coefficient (Wildman–Crippen LogP) is 1.48. The zero-order valence-corrected chi connectivity index (χ0v) is 10.7. The number of unbranched alkanes of at least 4 members (excludes halogenated alkanes) is 1. The molecule has 1 amide bonds. The first-order valence-electron chi connectivity index (χ1n) is 6.02. The van der Waals surface area contributed by atoms with Gasteiger partial charge in [0.25, 0.3) is 5.91 Å². The van der Waals surface area contributed by atoms with Gasteiger partial charge >= 0.3 is 5.97 Å². The standard InChI is InChI=1S/C13H17FN2O3/c1-2-3-4-16-12(17)8-19-13(18)9-5-10(14)7-11(15)6-9/h5-7H,2-4,8,15H2,1H3,(H,16,17). The summed E-state index contributed by atoms with van der Waals surface area (Å²) in [5, 5.41) is 2.60. The third kappa shape index (κ3) is 5.37. The van der Waals surface area contributed by atoms with Crippen molar-refractivity contribution < 1.29 is 18.7 Å². The average molecular weight is 268 g/mol. The van der Waals surface area contributed by atoms with Gasteiger partial charge in [-0.3, -0.25) is 4.79 Å². The third-order valence-electron chi connectivity index (χ3n) is 2.34. The molecule has 0 saturated carbocycles. The molecule has 5 nitrogen and oxygen atoms in total. The lowest BCUT2D eigenvalue weighted by Gasteiger charge is -2.06. The highest BCUT2D eigenvalue weighted by Crippen LogP contribution is 2.11. The van der Waals surface area contributed by atoms with Crippen LogP contribution in [0.25, 0.3) is 0 Å². The highest BCUT2D eigenvalue weighted by molar-refractivity contribution is 5.92. The van der Waals surface area contributed by atoms with Crippen molar-refractivity contribution in [2.45, 2.75) is 19.8 Å². The van der Waals surface area contributed by atoms with Crippen molar-refractivity contribution in [2.75, 3.05) is 18.9 Å². The number of nitrogens with two attached hydrogens (primary N) is 1. The van der Waals surface area contributed by atoms with Crippen molar-refractivity contribution in [3.05, 3.63) is 29.6 Å². The van der Waals surface area contributed by atoms with Crippen molar-refractivity contribution in [3.8, 4) is 0 Å². The minimum absolute atomic E-state index is 0.0149. The van der Waals surface area contributed by atoms with Crippen LogP contribution >= 0.6 is 0 Å². The lowest BCUT2D eigenvalue weighted by Crippen LogP contribution is -2.29. The van der Waals surface area contributed by atoms with Crippen LogP contribution in [0.15, 0.2) is 18.2 Å². The Morgan fingerprint density at radius 2 is 2.11 bits per heavy atom. The number of carbonyl (C=O) groups is 2. The van der Waals surface area contributed by atoms with E-state index in [4.69, 9.17) is 10.5 Å². The summed E-state index contributed by atoms with van der Waals surface area (Å²) in [6, 6.07) is 3.39. The number of hydrogen-bond donors (Lipinski definition) is 2. The molecule has 0 spiro atoms. The molecule has 3 N–H and O–H groups in total. The van der Waals surface area contributed by atoms with Gasteiger partial charge in [-0.1, -0.05) is 13.3 Å². The van der Waals surface area contributed by atoms with Gasteiger partial charge < -0.3 is 15.8 Å². The molecule has 0 aliphatic carbocycles. The largest absolute Gasteiger partial charge is 0.452 e. The van der Waals surface area contributed by atoms with E-state index < -0.39 is 11.8 Å². The first-order valence-corrected chi connectivity index (χ1v) is 6.02. The first kappa shape index (κ1) is 14.9. The first-order chi connectivity index (χ1) is 9.02.